The fourth-order valence-corrected chi connectivity index (χ4v) is 2.77. The van der Waals surface area contributed by atoms with Gasteiger partial charge in [-0.3, -0.25) is 14.4 Å². The number of carbonyl (C=O) groups is 1. The van der Waals surface area contributed by atoms with Gasteiger partial charge in [0.05, 0.1) is 17.2 Å². The smallest absolute Gasteiger partial charge is 0.258 e. The third-order valence-corrected chi connectivity index (χ3v) is 4.03. The first kappa shape index (κ1) is 17.4. The molecule has 2 heterocycles. The van der Waals surface area contributed by atoms with Gasteiger partial charge >= 0.3 is 0 Å². The number of pyridine rings is 1. The van der Waals surface area contributed by atoms with Gasteiger partial charge in [-0.2, -0.15) is 0 Å². The molecule has 0 aliphatic heterocycles. The molecule has 0 radical (unpaired) electrons. The second kappa shape index (κ2) is 7.22. The average Bonchev–Trinajstić information content (AvgIpc) is 2.58. The first-order chi connectivity index (χ1) is 12.4. The van der Waals surface area contributed by atoms with Crippen molar-refractivity contribution < 1.29 is 9.90 Å². The summed E-state index contributed by atoms with van der Waals surface area (Å²) >= 11 is 0. The highest BCUT2D eigenvalue weighted by atomic mass is 16.3. The molecule has 1 amide bonds. The molecule has 0 unspecified atom stereocenters. The molecule has 2 aromatic heterocycles. The zero-order chi connectivity index (χ0) is 18.7. The van der Waals surface area contributed by atoms with E-state index in [2.05, 4.69) is 15.3 Å². The van der Waals surface area contributed by atoms with Crippen molar-refractivity contribution in [2.24, 2.45) is 0 Å². The number of hydrogen-bond acceptors (Lipinski definition) is 5. The topological polar surface area (TPSA) is 117 Å². The summed E-state index contributed by atoms with van der Waals surface area (Å²) in [5.74, 6) is -0.281. The molecule has 134 valence electrons. The molecule has 8 nitrogen and oxygen atoms in total. The van der Waals surface area contributed by atoms with Crippen LogP contribution in [0.4, 0.5) is 5.69 Å². The lowest BCUT2D eigenvalue weighted by molar-refractivity contribution is -0.116. The van der Waals surface area contributed by atoms with Gasteiger partial charge in [0.2, 0.25) is 5.91 Å². The number of nitrogens with one attached hydrogen (secondary N) is 2. The molecule has 8 heteroatoms. The van der Waals surface area contributed by atoms with Gasteiger partial charge in [0.25, 0.3) is 11.1 Å². The normalized spacial score (nSPS) is 10.8. The predicted octanol–water partition coefficient (Wildman–Crippen LogP) is 1.52. The van der Waals surface area contributed by atoms with Crippen molar-refractivity contribution >= 4 is 22.5 Å². The maximum absolute atomic E-state index is 12.1. The number of fused-ring (bicyclic) bond motifs is 1. The summed E-state index contributed by atoms with van der Waals surface area (Å²) in [6.07, 6.45) is 2.01. The molecule has 0 fully saturated rings. The molecule has 0 bridgehead atoms. The molecule has 0 saturated carbocycles. The third kappa shape index (κ3) is 3.80. The van der Waals surface area contributed by atoms with Crippen LogP contribution in [0.2, 0.25) is 0 Å². The van der Waals surface area contributed by atoms with Crippen LogP contribution in [0.25, 0.3) is 10.9 Å². The number of rotatable bonds is 5. The van der Waals surface area contributed by atoms with Crippen molar-refractivity contribution in [1.29, 1.82) is 0 Å². The van der Waals surface area contributed by atoms with E-state index >= 15 is 0 Å². The number of aromatic nitrogens is 3. The molecule has 0 atom stereocenters. The van der Waals surface area contributed by atoms with E-state index in [9.17, 15) is 19.5 Å². The molecule has 0 saturated heterocycles. The Labute approximate surface area is 148 Å². The summed E-state index contributed by atoms with van der Waals surface area (Å²) in [7, 11) is 0. The van der Waals surface area contributed by atoms with E-state index in [-0.39, 0.29) is 29.2 Å². The Morgan fingerprint density at radius 3 is 2.85 bits per heavy atom. The second-order valence-corrected chi connectivity index (χ2v) is 5.96. The van der Waals surface area contributed by atoms with Crippen LogP contribution in [-0.4, -0.2) is 25.5 Å². The maximum atomic E-state index is 12.1. The minimum Gasteiger partial charge on any atom is -0.508 e. The van der Waals surface area contributed by atoms with Crippen LogP contribution in [0.15, 0.2) is 46.2 Å². The molecule has 3 rings (SSSR count). The quantitative estimate of drug-likeness (QED) is 0.642. The fraction of sp³-hybridized carbons (Fsp3) is 0.222. The number of aromatic hydroxyl groups is 1. The molecular weight excluding hydrogens is 336 g/mol. The lowest BCUT2D eigenvalue weighted by Gasteiger charge is -2.10. The first-order valence-electron chi connectivity index (χ1n) is 8.12. The van der Waals surface area contributed by atoms with Gasteiger partial charge in [-0.05, 0) is 37.6 Å². The molecule has 0 spiro atoms. The Balaban J connectivity index is 1.62. The first-order valence-corrected chi connectivity index (χ1v) is 8.12. The van der Waals surface area contributed by atoms with Gasteiger partial charge in [-0.25, -0.2) is 4.98 Å². The van der Waals surface area contributed by atoms with Crippen molar-refractivity contribution in [3.8, 4) is 5.75 Å². The summed E-state index contributed by atoms with van der Waals surface area (Å²) < 4.78 is 1.51. The van der Waals surface area contributed by atoms with Crippen molar-refractivity contribution in [2.45, 2.75) is 26.3 Å². The molecule has 3 N–H and O–H groups in total. The molecular formula is C18H18N4O4. The van der Waals surface area contributed by atoms with Gasteiger partial charge in [0, 0.05) is 30.4 Å². The monoisotopic (exact) mass is 354 g/mol. The average molecular weight is 354 g/mol. The van der Waals surface area contributed by atoms with Crippen LogP contribution in [0.1, 0.15) is 18.5 Å². The number of H-pyrrole nitrogens is 1. The van der Waals surface area contributed by atoms with E-state index < -0.39 is 0 Å². The summed E-state index contributed by atoms with van der Waals surface area (Å²) in [5, 5.41) is 12.5. The highest BCUT2D eigenvalue weighted by Gasteiger charge is 2.07. The van der Waals surface area contributed by atoms with Crippen molar-refractivity contribution in [2.75, 3.05) is 5.32 Å². The van der Waals surface area contributed by atoms with Gasteiger partial charge in [0.1, 0.15) is 5.75 Å². The zero-order valence-corrected chi connectivity index (χ0v) is 14.2. The van der Waals surface area contributed by atoms with Gasteiger partial charge < -0.3 is 20.0 Å². The number of aromatic amines is 1. The standard InChI is InChI=1S/C18H18N4O4/c1-11-7-13(23)9-17(25)22(11)6-2-3-16(24)21-12-4-5-15-14(8-12)18(26)20-10-19-15/h4-5,7-10,23H,2-3,6H2,1H3,(H,21,24)(H,19,20,26). The lowest BCUT2D eigenvalue weighted by atomic mass is 10.2. The summed E-state index contributed by atoms with van der Waals surface area (Å²) in [6, 6.07) is 7.57. The van der Waals surface area contributed by atoms with Crippen LogP contribution in [0.3, 0.4) is 0 Å². The molecule has 26 heavy (non-hydrogen) atoms. The SMILES string of the molecule is Cc1cc(O)cc(=O)n1CCCC(=O)Nc1ccc2nc[nH]c(=O)c2c1. The number of amides is 1. The molecule has 0 aliphatic carbocycles. The van der Waals surface area contributed by atoms with E-state index in [1.54, 1.807) is 25.1 Å². The van der Waals surface area contributed by atoms with Gasteiger partial charge in [-0.15, -0.1) is 0 Å². The minimum absolute atomic E-state index is 0.0673. The number of aryl methyl sites for hydroxylation is 1. The lowest BCUT2D eigenvalue weighted by Crippen LogP contribution is -2.22. The van der Waals surface area contributed by atoms with Crippen molar-refractivity contribution in [3.05, 3.63) is 63.1 Å². The Morgan fingerprint density at radius 1 is 1.27 bits per heavy atom. The maximum Gasteiger partial charge on any atom is 0.258 e. The molecule has 3 aromatic rings. The third-order valence-electron chi connectivity index (χ3n) is 4.03. The van der Waals surface area contributed by atoms with Crippen LogP contribution in [-0.2, 0) is 11.3 Å². The van der Waals surface area contributed by atoms with E-state index in [0.717, 1.165) is 6.07 Å². The van der Waals surface area contributed by atoms with E-state index in [4.69, 9.17) is 0 Å². The zero-order valence-electron chi connectivity index (χ0n) is 14.2. The largest absolute Gasteiger partial charge is 0.508 e. The molecule has 0 aliphatic rings. The van der Waals surface area contributed by atoms with Crippen molar-refractivity contribution in [1.82, 2.24) is 14.5 Å². The fourth-order valence-electron chi connectivity index (χ4n) is 2.77. The van der Waals surface area contributed by atoms with E-state index in [1.807, 2.05) is 0 Å². The number of benzene rings is 1. The number of anilines is 1. The Kier molecular flexibility index (Phi) is 4.83. The molecule has 1 aromatic carbocycles. The van der Waals surface area contributed by atoms with Gasteiger partial charge in [-0.1, -0.05) is 0 Å². The number of carbonyl (C=O) groups excluding carboxylic acids is 1. The van der Waals surface area contributed by atoms with Crippen LogP contribution in [0, 0.1) is 6.92 Å². The van der Waals surface area contributed by atoms with E-state index in [1.165, 1.54) is 17.0 Å². The Morgan fingerprint density at radius 2 is 2.08 bits per heavy atom. The highest BCUT2D eigenvalue weighted by Crippen LogP contribution is 2.14. The summed E-state index contributed by atoms with van der Waals surface area (Å²) in [6.45, 7) is 2.10. The second-order valence-electron chi connectivity index (χ2n) is 5.96. The number of nitrogens with zero attached hydrogens (tertiary/aromatic N) is 2. The van der Waals surface area contributed by atoms with Crippen LogP contribution >= 0.6 is 0 Å². The van der Waals surface area contributed by atoms with Gasteiger partial charge in [0.15, 0.2) is 0 Å². The minimum atomic E-state index is -0.302. The highest BCUT2D eigenvalue weighted by molar-refractivity contribution is 5.93. The Bertz CT molecular complexity index is 1080. The van der Waals surface area contributed by atoms with E-state index in [0.29, 0.717) is 35.2 Å². The number of hydrogen-bond donors (Lipinski definition) is 3. The van der Waals surface area contributed by atoms with Crippen molar-refractivity contribution in [3.63, 3.8) is 0 Å². The summed E-state index contributed by atoms with van der Waals surface area (Å²) in [4.78, 5) is 42.3. The Hall–Kier alpha value is -3.42. The van der Waals surface area contributed by atoms with Crippen LogP contribution in [0.5, 0.6) is 5.75 Å². The predicted molar refractivity (Wildman–Crippen MR) is 97.3 cm³/mol. The van der Waals surface area contributed by atoms with Crippen LogP contribution < -0.4 is 16.4 Å². The summed E-state index contributed by atoms with van der Waals surface area (Å²) in [5.41, 5.74) is 1.13.